The van der Waals surface area contributed by atoms with Crippen LogP contribution in [0.4, 0.5) is 11.4 Å². The summed E-state index contributed by atoms with van der Waals surface area (Å²) in [7, 11) is 0. The van der Waals surface area contributed by atoms with Crippen molar-refractivity contribution in [3.05, 3.63) is 34.4 Å². The van der Waals surface area contributed by atoms with Gasteiger partial charge in [-0.2, -0.15) is 0 Å². The molecule has 1 aliphatic heterocycles. The number of nitrogens with zero attached hydrogens (tertiary/aromatic N) is 2. The first-order chi connectivity index (χ1) is 18.8. The number of likely N-dealkylation sites (tertiary alicyclic amines) is 1. The number of nitro benzene ring substituents is 1. The highest BCUT2D eigenvalue weighted by Crippen LogP contribution is 2.20. The molecular weight excluding hydrogens is 528 g/mol. The number of carboxylic acid groups (broad SMARTS) is 1. The van der Waals surface area contributed by atoms with E-state index >= 15 is 0 Å². The lowest BCUT2D eigenvalue weighted by molar-refractivity contribution is -0.384. The Balaban J connectivity index is 1.94. The number of nitro groups is 1. The predicted octanol–water partition coefficient (Wildman–Crippen LogP) is 0.293. The number of non-ortho nitro benzene ring substituents is 1. The minimum atomic E-state index is -1.15. The van der Waals surface area contributed by atoms with E-state index in [1.807, 2.05) is 0 Å². The van der Waals surface area contributed by atoms with Crippen molar-refractivity contribution in [2.24, 2.45) is 0 Å². The standard InChI is InChI=1S/C25H34N6O9/c1-4-18(23(36)28-16-7-9-17(10-8-16)31(39)40)29-24(37)19-6-5-13-30(19)25(38)15(3)27-22(35)14(2)26-20(32)11-12-21(33)34/h7-10,14-15,18-19H,4-6,11-13H2,1-3H3,(H,26,32)(H,27,35)(H,28,36)(H,29,37)(H,33,34)/t14-,15+,18-,19-/m0/s1. The Labute approximate surface area is 230 Å². The SMILES string of the molecule is CC[C@H](NC(=O)[C@@H]1CCCN1C(=O)[C@@H](C)NC(=O)[C@H](C)NC(=O)CCC(=O)O)C(=O)Nc1ccc([N+](=O)[O-])cc1. The van der Waals surface area contributed by atoms with Gasteiger partial charge in [-0.3, -0.25) is 38.9 Å². The quantitative estimate of drug-likeness (QED) is 0.165. The summed E-state index contributed by atoms with van der Waals surface area (Å²) >= 11 is 0. The van der Waals surface area contributed by atoms with Gasteiger partial charge in [0.1, 0.15) is 24.2 Å². The van der Waals surface area contributed by atoms with E-state index < -0.39 is 64.6 Å². The van der Waals surface area contributed by atoms with Crippen LogP contribution in [0, 0.1) is 10.1 Å². The highest BCUT2D eigenvalue weighted by Gasteiger charge is 2.37. The first-order valence-corrected chi connectivity index (χ1v) is 12.8. The maximum Gasteiger partial charge on any atom is 0.303 e. The van der Waals surface area contributed by atoms with Gasteiger partial charge in [0.2, 0.25) is 29.5 Å². The van der Waals surface area contributed by atoms with Crippen molar-refractivity contribution in [3.8, 4) is 0 Å². The van der Waals surface area contributed by atoms with E-state index in [0.29, 0.717) is 18.5 Å². The van der Waals surface area contributed by atoms with Crippen LogP contribution in [-0.2, 0) is 28.8 Å². The normalized spacial score (nSPS) is 16.7. The lowest BCUT2D eigenvalue weighted by Gasteiger charge is -2.29. The summed E-state index contributed by atoms with van der Waals surface area (Å²) in [6.45, 7) is 4.80. The number of carbonyl (C=O) groups excluding carboxylic acids is 5. The molecule has 0 spiro atoms. The van der Waals surface area contributed by atoms with Crippen LogP contribution in [0.2, 0.25) is 0 Å². The molecular formula is C25H34N6O9. The number of carbonyl (C=O) groups is 6. The van der Waals surface area contributed by atoms with Crippen molar-refractivity contribution in [2.75, 3.05) is 11.9 Å². The monoisotopic (exact) mass is 562 g/mol. The number of hydrogen-bond acceptors (Lipinski definition) is 8. The molecule has 1 aromatic rings. The number of carboxylic acids is 1. The summed E-state index contributed by atoms with van der Waals surface area (Å²) in [6, 6.07) is 1.40. The lowest BCUT2D eigenvalue weighted by Crippen LogP contribution is -2.56. The van der Waals surface area contributed by atoms with Gasteiger partial charge in [-0.25, -0.2) is 0 Å². The van der Waals surface area contributed by atoms with Crippen LogP contribution < -0.4 is 21.3 Å². The zero-order valence-electron chi connectivity index (χ0n) is 22.5. The number of nitrogens with one attached hydrogen (secondary N) is 4. The Kier molecular flexibility index (Phi) is 11.5. The molecule has 4 atom stereocenters. The maximum absolute atomic E-state index is 13.1. The fourth-order valence-corrected chi connectivity index (χ4v) is 4.07. The smallest absolute Gasteiger partial charge is 0.303 e. The Morgan fingerprint density at radius 2 is 1.65 bits per heavy atom. The zero-order chi connectivity index (χ0) is 30.0. The van der Waals surface area contributed by atoms with Gasteiger partial charge < -0.3 is 31.3 Å². The van der Waals surface area contributed by atoms with E-state index in [9.17, 15) is 38.9 Å². The van der Waals surface area contributed by atoms with Crippen LogP contribution in [0.15, 0.2) is 24.3 Å². The number of amides is 5. The first-order valence-electron chi connectivity index (χ1n) is 12.8. The molecule has 15 nitrogen and oxygen atoms in total. The van der Waals surface area contributed by atoms with Crippen molar-refractivity contribution in [2.45, 2.75) is 77.0 Å². The van der Waals surface area contributed by atoms with Crippen LogP contribution in [-0.4, -0.2) is 81.1 Å². The van der Waals surface area contributed by atoms with E-state index in [0.717, 1.165) is 0 Å². The van der Waals surface area contributed by atoms with Crippen molar-refractivity contribution in [3.63, 3.8) is 0 Å². The molecule has 1 fully saturated rings. The average molecular weight is 563 g/mol. The summed E-state index contributed by atoms with van der Waals surface area (Å²) in [4.78, 5) is 85.2. The third-order valence-electron chi connectivity index (χ3n) is 6.29. The number of hydrogen-bond donors (Lipinski definition) is 5. The first kappa shape index (κ1) is 31.7. The van der Waals surface area contributed by atoms with Crippen molar-refractivity contribution >= 4 is 46.9 Å². The largest absolute Gasteiger partial charge is 0.481 e. The second kappa shape index (κ2) is 14.6. The molecule has 0 radical (unpaired) electrons. The van der Waals surface area contributed by atoms with E-state index in [2.05, 4.69) is 21.3 Å². The van der Waals surface area contributed by atoms with Gasteiger partial charge in [0.05, 0.1) is 11.3 Å². The van der Waals surface area contributed by atoms with Crippen LogP contribution in [0.3, 0.4) is 0 Å². The average Bonchev–Trinajstić information content (AvgIpc) is 3.40. The molecule has 0 aliphatic carbocycles. The molecule has 5 N–H and O–H groups in total. The number of rotatable bonds is 13. The second-order valence-corrected chi connectivity index (χ2v) is 9.37. The van der Waals surface area contributed by atoms with Gasteiger partial charge in [0, 0.05) is 30.8 Å². The Bertz CT molecular complexity index is 1140. The van der Waals surface area contributed by atoms with E-state index in [1.54, 1.807) is 6.92 Å². The summed E-state index contributed by atoms with van der Waals surface area (Å²) < 4.78 is 0. The summed E-state index contributed by atoms with van der Waals surface area (Å²) in [5.74, 6) is -4.00. The highest BCUT2D eigenvalue weighted by molar-refractivity contribution is 5.99. The minimum Gasteiger partial charge on any atom is -0.481 e. The van der Waals surface area contributed by atoms with Crippen molar-refractivity contribution in [1.82, 2.24) is 20.9 Å². The van der Waals surface area contributed by atoms with Gasteiger partial charge in [0.15, 0.2) is 0 Å². The molecule has 1 saturated heterocycles. The Morgan fingerprint density at radius 3 is 2.23 bits per heavy atom. The van der Waals surface area contributed by atoms with Gasteiger partial charge >= 0.3 is 5.97 Å². The van der Waals surface area contributed by atoms with E-state index in [4.69, 9.17) is 5.11 Å². The Hall–Kier alpha value is -4.56. The maximum atomic E-state index is 13.1. The molecule has 2 rings (SSSR count). The van der Waals surface area contributed by atoms with Crippen molar-refractivity contribution < 1.29 is 38.8 Å². The lowest BCUT2D eigenvalue weighted by atomic mass is 10.1. The van der Waals surface area contributed by atoms with E-state index in [-0.39, 0.29) is 31.5 Å². The third kappa shape index (κ3) is 9.03. The summed E-state index contributed by atoms with van der Waals surface area (Å²) in [5.41, 5.74) is 0.183. The third-order valence-corrected chi connectivity index (χ3v) is 6.29. The highest BCUT2D eigenvalue weighted by atomic mass is 16.6. The zero-order valence-corrected chi connectivity index (χ0v) is 22.5. The molecule has 15 heteroatoms. The minimum absolute atomic E-state index is 0.135. The molecule has 5 amide bonds. The fraction of sp³-hybridized carbons (Fsp3) is 0.520. The molecule has 0 aromatic heterocycles. The molecule has 0 unspecified atom stereocenters. The van der Waals surface area contributed by atoms with Gasteiger partial charge in [0.25, 0.3) is 5.69 Å². The topological polar surface area (TPSA) is 217 Å². The number of aliphatic carboxylic acids is 1. The molecule has 0 bridgehead atoms. The molecule has 218 valence electrons. The molecule has 1 heterocycles. The summed E-state index contributed by atoms with van der Waals surface area (Å²) in [6.07, 6.45) is 0.455. The number of benzene rings is 1. The van der Waals surface area contributed by atoms with Gasteiger partial charge in [-0.05, 0) is 45.2 Å². The predicted molar refractivity (Wildman–Crippen MR) is 141 cm³/mol. The molecule has 40 heavy (non-hydrogen) atoms. The summed E-state index contributed by atoms with van der Waals surface area (Å²) in [5, 5.41) is 29.6. The molecule has 1 aliphatic rings. The number of anilines is 1. The molecule has 1 aromatic carbocycles. The second-order valence-electron chi connectivity index (χ2n) is 9.37. The van der Waals surface area contributed by atoms with Crippen LogP contribution in [0.25, 0.3) is 0 Å². The van der Waals surface area contributed by atoms with E-state index in [1.165, 1.54) is 43.0 Å². The molecule has 0 saturated carbocycles. The van der Waals surface area contributed by atoms with Crippen LogP contribution >= 0.6 is 0 Å². The van der Waals surface area contributed by atoms with Gasteiger partial charge in [-0.15, -0.1) is 0 Å². The van der Waals surface area contributed by atoms with Gasteiger partial charge in [-0.1, -0.05) is 6.92 Å². The fourth-order valence-electron chi connectivity index (χ4n) is 4.07. The van der Waals surface area contributed by atoms with Crippen LogP contribution in [0.5, 0.6) is 0 Å². The van der Waals surface area contributed by atoms with Crippen LogP contribution in [0.1, 0.15) is 52.9 Å². The Morgan fingerprint density at radius 1 is 1.00 bits per heavy atom. The van der Waals surface area contributed by atoms with Crippen molar-refractivity contribution in [1.29, 1.82) is 0 Å².